The minimum atomic E-state index is -0.756. The van der Waals surface area contributed by atoms with Crippen LogP contribution in [-0.4, -0.2) is 59.5 Å². The molecular formula is C16H18N4O5. The number of benzene rings is 1. The van der Waals surface area contributed by atoms with E-state index in [-0.39, 0.29) is 24.6 Å². The molecule has 0 fully saturated rings. The molecule has 1 N–H and O–H groups in total. The molecule has 0 radical (unpaired) electrons. The first-order valence-corrected chi connectivity index (χ1v) is 7.45. The third kappa shape index (κ3) is 4.87. The average Bonchev–Trinajstić information content (AvgIpc) is 2.60. The van der Waals surface area contributed by atoms with E-state index in [2.05, 4.69) is 10.3 Å². The van der Waals surface area contributed by atoms with Crippen molar-refractivity contribution < 1.29 is 19.1 Å². The Morgan fingerprint density at radius 3 is 2.68 bits per heavy atom. The van der Waals surface area contributed by atoms with E-state index in [9.17, 15) is 19.2 Å². The summed E-state index contributed by atoms with van der Waals surface area (Å²) >= 11 is 0. The van der Waals surface area contributed by atoms with E-state index in [0.717, 1.165) is 4.57 Å². The van der Waals surface area contributed by atoms with Gasteiger partial charge in [-0.2, -0.15) is 0 Å². The Morgan fingerprint density at radius 1 is 1.24 bits per heavy atom. The number of likely N-dealkylation sites (N-methyl/N-ethyl adjacent to an activating group) is 1. The monoisotopic (exact) mass is 346 g/mol. The molecule has 0 saturated heterocycles. The molecule has 2 rings (SSSR count). The molecule has 0 spiro atoms. The van der Waals surface area contributed by atoms with E-state index >= 15 is 0 Å². The van der Waals surface area contributed by atoms with Crippen LogP contribution in [0.3, 0.4) is 0 Å². The minimum Gasteiger partial charge on any atom is -0.454 e. The number of hydrogen-bond donors (Lipinski definition) is 1. The molecule has 2 amide bonds. The van der Waals surface area contributed by atoms with Gasteiger partial charge in [-0.15, -0.1) is 0 Å². The Kier molecular flexibility index (Phi) is 5.83. The van der Waals surface area contributed by atoms with Crippen molar-refractivity contribution >= 4 is 28.7 Å². The number of aromatic nitrogens is 2. The van der Waals surface area contributed by atoms with Gasteiger partial charge in [-0.05, 0) is 12.1 Å². The maximum absolute atomic E-state index is 12.2. The van der Waals surface area contributed by atoms with Gasteiger partial charge in [0.2, 0.25) is 5.91 Å². The predicted molar refractivity (Wildman–Crippen MR) is 88.7 cm³/mol. The first kappa shape index (κ1) is 18.1. The fourth-order valence-corrected chi connectivity index (χ4v) is 1.93. The van der Waals surface area contributed by atoms with Gasteiger partial charge in [0.1, 0.15) is 6.54 Å². The summed E-state index contributed by atoms with van der Waals surface area (Å²) in [6, 6.07) is 6.76. The van der Waals surface area contributed by atoms with Gasteiger partial charge in [0.05, 0.1) is 23.8 Å². The Bertz CT molecular complexity index is 859. The van der Waals surface area contributed by atoms with E-state index in [1.165, 1.54) is 11.2 Å². The van der Waals surface area contributed by atoms with Crippen LogP contribution in [0.25, 0.3) is 10.9 Å². The lowest BCUT2D eigenvalue weighted by molar-refractivity contribution is -0.149. The second kappa shape index (κ2) is 8.04. The molecule has 0 bridgehead atoms. The molecule has 1 aromatic heterocycles. The number of nitrogens with one attached hydrogen (secondary N) is 1. The molecule has 9 heteroatoms. The summed E-state index contributed by atoms with van der Waals surface area (Å²) in [7, 11) is 3.12. The Hall–Kier alpha value is -3.23. The van der Waals surface area contributed by atoms with E-state index in [1.807, 2.05) is 0 Å². The second-order valence-corrected chi connectivity index (χ2v) is 5.42. The average molecular weight is 346 g/mol. The van der Waals surface area contributed by atoms with E-state index in [4.69, 9.17) is 4.74 Å². The van der Waals surface area contributed by atoms with Gasteiger partial charge in [0.25, 0.3) is 11.5 Å². The first-order valence-electron chi connectivity index (χ1n) is 7.45. The molecule has 1 heterocycles. The van der Waals surface area contributed by atoms with Crippen LogP contribution in [-0.2, 0) is 25.7 Å². The zero-order valence-electron chi connectivity index (χ0n) is 13.9. The fourth-order valence-electron chi connectivity index (χ4n) is 1.93. The van der Waals surface area contributed by atoms with Crippen LogP contribution in [0.5, 0.6) is 0 Å². The van der Waals surface area contributed by atoms with Gasteiger partial charge in [0.15, 0.2) is 6.61 Å². The molecule has 0 aliphatic carbocycles. The van der Waals surface area contributed by atoms with Crippen molar-refractivity contribution in [2.75, 3.05) is 27.2 Å². The number of para-hydroxylation sites is 1. The number of ether oxygens (including phenoxy) is 1. The highest BCUT2D eigenvalue weighted by Gasteiger charge is 2.12. The Morgan fingerprint density at radius 2 is 1.96 bits per heavy atom. The van der Waals surface area contributed by atoms with Crippen LogP contribution in [0.15, 0.2) is 35.4 Å². The van der Waals surface area contributed by atoms with Crippen molar-refractivity contribution in [1.29, 1.82) is 0 Å². The molecule has 0 aliphatic heterocycles. The zero-order valence-corrected chi connectivity index (χ0v) is 13.9. The summed E-state index contributed by atoms with van der Waals surface area (Å²) in [5, 5.41) is 2.72. The summed E-state index contributed by atoms with van der Waals surface area (Å²) in [4.78, 5) is 52.3. The van der Waals surface area contributed by atoms with Gasteiger partial charge in [-0.1, -0.05) is 12.1 Å². The molecule has 132 valence electrons. The molecule has 25 heavy (non-hydrogen) atoms. The molecule has 0 aliphatic rings. The number of esters is 1. The van der Waals surface area contributed by atoms with Crippen LogP contribution in [0, 0.1) is 0 Å². The van der Waals surface area contributed by atoms with Gasteiger partial charge < -0.3 is 15.0 Å². The quantitative estimate of drug-likeness (QED) is 0.682. The number of amides is 2. The van der Waals surface area contributed by atoms with Crippen LogP contribution in [0.4, 0.5) is 0 Å². The van der Waals surface area contributed by atoms with Gasteiger partial charge in [-0.3, -0.25) is 23.7 Å². The van der Waals surface area contributed by atoms with Crippen LogP contribution in [0.1, 0.15) is 0 Å². The third-order valence-electron chi connectivity index (χ3n) is 3.33. The number of rotatable bonds is 6. The number of hydrogen-bond acceptors (Lipinski definition) is 6. The largest absolute Gasteiger partial charge is 0.454 e. The number of carbonyl (C=O) groups is 3. The van der Waals surface area contributed by atoms with Crippen molar-refractivity contribution in [3.63, 3.8) is 0 Å². The first-order chi connectivity index (χ1) is 11.9. The smallest absolute Gasteiger partial charge is 0.326 e. The fraction of sp³-hybridized carbons (Fsp3) is 0.312. The predicted octanol–water partition coefficient (Wildman–Crippen LogP) is -0.856. The molecular weight excluding hydrogens is 328 g/mol. The lowest BCUT2D eigenvalue weighted by Crippen LogP contribution is -2.38. The maximum Gasteiger partial charge on any atom is 0.326 e. The highest BCUT2D eigenvalue weighted by molar-refractivity contribution is 5.86. The van der Waals surface area contributed by atoms with Crippen molar-refractivity contribution in [2.24, 2.45) is 0 Å². The van der Waals surface area contributed by atoms with Crippen LogP contribution < -0.4 is 10.9 Å². The lowest BCUT2D eigenvalue weighted by atomic mass is 10.2. The molecule has 9 nitrogen and oxygen atoms in total. The van der Waals surface area contributed by atoms with Crippen LogP contribution in [0.2, 0.25) is 0 Å². The minimum absolute atomic E-state index is 0.183. The highest BCUT2D eigenvalue weighted by atomic mass is 16.5. The van der Waals surface area contributed by atoms with Crippen LogP contribution >= 0.6 is 0 Å². The third-order valence-corrected chi connectivity index (χ3v) is 3.33. The second-order valence-electron chi connectivity index (χ2n) is 5.42. The van der Waals surface area contributed by atoms with Gasteiger partial charge >= 0.3 is 5.97 Å². The Balaban J connectivity index is 1.88. The SMILES string of the molecule is CN(C)C(=O)CNC(=O)COC(=O)Cn1cnc2ccccc2c1=O. The molecule has 1 aromatic carbocycles. The van der Waals surface area contributed by atoms with Crippen molar-refractivity contribution in [1.82, 2.24) is 19.8 Å². The summed E-state index contributed by atoms with van der Waals surface area (Å²) in [6.45, 7) is -1.08. The van der Waals surface area contributed by atoms with Gasteiger partial charge in [-0.25, -0.2) is 4.98 Å². The molecule has 0 saturated carbocycles. The topological polar surface area (TPSA) is 111 Å². The van der Waals surface area contributed by atoms with E-state index in [1.54, 1.807) is 38.4 Å². The summed E-state index contributed by atoms with van der Waals surface area (Å²) in [6.07, 6.45) is 1.25. The number of fused-ring (bicyclic) bond motifs is 1. The van der Waals surface area contributed by atoms with Crippen molar-refractivity contribution in [3.8, 4) is 0 Å². The number of nitrogens with zero attached hydrogens (tertiary/aromatic N) is 3. The summed E-state index contributed by atoms with van der Waals surface area (Å²) in [5.41, 5.74) is 0.158. The summed E-state index contributed by atoms with van der Waals surface area (Å²) in [5.74, 6) is -1.64. The normalized spacial score (nSPS) is 10.3. The molecule has 2 aromatic rings. The maximum atomic E-state index is 12.2. The van der Waals surface area contributed by atoms with Crippen molar-refractivity contribution in [3.05, 3.63) is 40.9 Å². The Labute approximate surface area is 143 Å². The number of carbonyl (C=O) groups excluding carboxylic acids is 3. The summed E-state index contributed by atoms with van der Waals surface area (Å²) < 4.78 is 5.91. The van der Waals surface area contributed by atoms with Gasteiger partial charge in [0, 0.05) is 14.1 Å². The van der Waals surface area contributed by atoms with E-state index in [0.29, 0.717) is 10.9 Å². The molecule has 0 atom stereocenters. The molecule has 0 unspecified atom stereocenters. The zero-order chi connectivity index (χ0) is 18.4. The highest BCUT2D eigenvalue weighted by Crippen LogP contribution is 2.04. The van der Waals surface area contributed by atoms with E-state index < -0.39 is 18.5 Å². The van der Waals surface area contributed by atoms with Crippen molar-refractivity contribution in [2.45, 2.75) is 6.54 Å². The lowest BCUT2D eigenvalue weighted by Gasteiger charge is -2.11. The standard InChI is InChI=1S/C16H18N4O5/c1-19(2)14(22)7-17-13(21)9-25-15(23)8-20-10-18-12-6-4-3-5-11(12)16(20)24/h3-6,10H,7-9H2,1-2H3,(H,17,21).